The minimum absolute atomic E-state index is 0.203. The summed E-state index contributed by atoms with van der Waals surface area (Å²) in [6.45, 7) is 3.52. The lowest BCUT2D eigenvalue weighted by molar-refractivity contribution is -0.299. The van der Waals surface area contributed by atoms with E-state index in [-0.39, 0.29) is 13.1 Å². The van der Waals surface area contributed by atoms with E-state index in [9.17, 15) is 26.3 Å². The maximum Gasteiger partial charge on any atom is 0.424 e. The van der Waals surface area contributed by atoms with E-state index in [1.165, 1.54) is 4.67 Å². The number of rotatable bonds is 5. The summed E-state index contributed by atoms with van der Waals surface area (Å²) in [7, 11) is -2.45. The lowest BCUT2D eigenvalue weighted by Crippen LogP contribution is -2.43. The van der Waals surface area contributed by atoms with Crippen molar-refractivity contribution in [1.29, 1.82) is 0 Å². The quantitative estimate of drug-likeness (QED) is 0.554. The Morgan fingerprint density at radius 1 is 1.06 bits per heavy atom. The van der Waals surface area contributed by atoms with E-state index in [1.54, 1.807) is 13.8 Å². The zero-order valence-electron chi connectivity index (χ0n) is 8.94. The van der Waals surface area contributed by atoms with Gasteiger partial charge in [-0.3, -0.25) is 0 Å². The van der Waals surface area contributed by atoms with Gasteiger partial charge in [-0.2, -0.15) is 26.3 Å². The standard InChI is InChI=1S/C7H11ClF6NOP/c1-3-15(4-2)17(8)16-5(6(9,10)11)7(12,13)14/h5H,3-4H2,1-2H3. The van der Waals surface area contributed by atoms with Crippen LogP contribution in [-0.2, 0) is 4.52 Å². The van der Waals surface area contributed by atoms with Crippen LogP contribution in [0, 0.1) is 0 Å². The molecular formula is C7H11ClF6NOP. The molecular weight excluding hydrogens is 294 g/mol. The third-order valence-corrected chi connectivity index (χ3v) is 4.02. The number of alkyl halides is 6. The van der Waals surface area contributed by atoms with Crippen LogP contribution in [0.1, 0.15) is 13.8 Å². The Balaban J connectivity index is 4.78. The molecule has 17 heavy (non-hydrogen) atoms. The van der Waals surface area contributed by atoms with Crippen LogP contribution in [0.5, 0.6) is 0 Å². The molecule has 0 aromatic rings. The van der Waals surface area contributed by atoms with Crippen molar-refractivity contribution in [3.63, 3.8) is 0 Å². The molecule has 0 saturated carbocycles. The lowest BCUT2D eigenvalue weighted by atomic mass is 10.3. The molecule has 104 valence electrons. The Morgan fingerprint density at radius 3 is 1.65 bits per heavy atom. The molecule has 0 spiro atoms. The molecule has 0 bridgehead atoms. The summed E-state index contributed by atoms with van der Waals surface area (Å²) in [5, 5.41) is 0. The van der Waals surface area contributed by atoms with Gasteiger partial charge in [0, 0.05) is 13.1 Å². The first-order valence-corrected chi connectivity index (χ1v) is 6.66. The first kappa shape index (κ1) is 17.2. The maximum atomic E-state index is 12.1. The van der Waals surface area contributed by atoms with Crippen LogP contribution in [0.3, 0.4) is 0 Å². The van der Waals surface area contributed by atoms with Gasteiger partial charge in [0.25, 0.3) is 6.10 Å². The molecule has 0 N–H and O–H groups in total. The number of halogens is 7. The van der Waals surface area contributed by atoms with Crippen molar-refractivity contribution < 1.29 is 30.9 Å². The highest BCUT2D eigenvalue weighted by atomic mass is 35.7. The summed E-state index contributed by atoms with van der Waals surface area (Å²) in [5.41, 5.74) is 0. The van der Waals surface area contributed by atoms with E-state index < -0.39 is 26.1 Å². The van der Waals surface area contributed by atoms with Crippen molar-refractivity contribution in [3.05, 3.63) is 0 Å². The Kier molecular flexibility index (Phi) is 6.49. The second-order valence-corrected chi connectivity index (χ2v) is 5.03. The fourth-order valence-electron chi connectivity index (χ4n) is 0.905. The van der Waals surface area contributed by atoms with Crippen LogP contribution in [0.25, 0.3) is 0 Å². The molecule has 0 saturated heterocycles. The van der Waals surface area contributed by atoms with E-state index in [0.717, 1.165) is 0 Å². The van der Waals surface area contributed by atoms with Crippen LogP contribution in [-0.4, -0.2) is 36.2 Å². The van der Waals surface area contributed by atoms with Crippen molar-refractivity contribution in [1.82, 2.24) is 4.67 Å². The fourth-order valence-corrected chi connectivity index (χ4v) is 2.78. The Bertz CT molecular complexity index is 217. The van der Waals surface area contributed by atoms with Crippen LogP contribution < -0.4 is 0 Å². The smallest absolute Gasteiger partial charge is 0.309 e. The molecule has 0 aromatic carbocycles. The van der Waals surface area contributed by atoms with Gasteiger partial charge in [0.15, 0.2) is 0 Å². The third kappa shape index (κ3) is 5.59. The third-order valence-electron chi connectivity index (χ3n) is 1.74. The first-order valence-electron chi connectivity index (χ1n) is 4.55. The molecule has 0 amide bonds. The Labute approximate surface area is 101 Å². The van der Waals surface area contributed by atoms with E-state index in [1.807, 2.05) is 0 Å². The zero-order chi connectivity index (χ0) is 13.9. The average molecular weight is 306 g/mol. The highest BCUT2D eigenvalue weighted by molar-refractivity contribution is 7.78. The van der Waals surface area contributed by atoms with Gasteiger partial charge in [-0.05, 0) is 11.2 Å². The molecule has 0 heterocycles. The minimum Gasteiger partial charge on any atom is -0.309 e. The maximum absolute atomic E-state index is 12.1. The van der Waals surface area contributed by atoms with Crippen molar-refractivity contribution in [2.24, 2.45) is 0 Å². The molecule has 2 nitrogen and oxygen atoms in total. The normalized spacial score (nSPS) is 15.7. The lowest BCUT2D eigenvalue weighted by Gasteiger charge is -2.29. The Hall–Kier alpha value is 0.220. The van der Waals surface area contributed by atoms with Crippen molar-refractivity contribution in [2.45, 2.75) is 32.3 Å². The predicted molar refractivity (Wildman–Crippen MR) is 52.7 cm³/mol. The van der Waals surface area contributed by atoms with Gasteiger partial charge in [0.05, 0.1) is 0 Å². The summed E-state index contributed by atoms with van der Waals surface area (Å²) in [5.74, 6) is 0. The fraction of sp³-hybridized carbons (Fsp3) is 1.00. The predicted octanol–water partition coefficient (Wildman–Crippen LogP) is 4.30. The molecule has 0 aliphatic rings. The van der Waals surface area contributed by atoms with Gasteiger partial charge in [0.1, 0.15) is 0 Å². The first-order chi connectivity index (χ1) is 7.54. The molecule has 0 aliphatic heterocycles. The van der Waals surface area contributed by atoms with Crippen molar-refractivity contribution in [3.8, 4) is 0 Å². The average Bonchev–Trinajstić information content (AvgIpc) is 2.12. The van der Waals surface area contributed by atoms with Gasteiger partial charge in [0.2, 0.25) is 7.65 Å². The minimum atomic E-state index is -5.53. The molecule has 1 atom stereocenters. The molecule has 1 unspecified atom stereocenters. The van der Waals surface area contributed by atoms with Crippen LogP contribution in [0.4, 0.5) is 26.3 Å². The second kappa shape index (κ2) is 6.41. The highest BCUT2D eigenvalue weighted by Crippen LogP contribution is 2.52. The van der Waals surface area contributed by atoms with Crippen LogP contribution in [0.15, 0.2) is 0 Å². The number of hydrogen-bond acceptors (Lipinski definition) is 2. The highest BCUT2D eigenvalue weighted by Gasteiger charge is 2.59. The van der Waals surface area contributed by atoms with E-state index in [4.69, 9.17) is 11.2 Å². The van der Waals surface area contributed by atoms with Gasteiger partial charge in [-0.1, -0.05) is 13.8 Å². The summed E-state index contributed by atoms with van der Waals surface area (Å²) in [4.78, 5) is 0. The summed E-state index contributed by atoms with van der Waals surface area (Å²) in [6, 6.07) is 0. The molecule has 10 heteroatoms. The molecule has 0 aliphatic carbocycles. The number of hydrogen-bond donors (Lipinski definition) is 0. The van der Waals surface area contributed by atoms with Crippen molar-refractivity contribution >= 4 is 18.9 Å². The van der Waals surface area contributed by atoms with Crippen LogP contribution in [0.2, 0.25) is 0 Å². The topological polar surface area (TPSA) is 12.5 Å². The summed E-state index contributed by atoms with van der Waals surface area (Å²) in [6.07, 6.45) is -14.9. The van der Waals surface area contributed by atoms with E-state index >= 15 is 0 Å². The van der Waals surface area contributed by atoms with Gasteiger partial charge in [-0.25, -0.2) is 4.67 Å². The van der Waals surface area contributed by atoms with Crippen molar-refractivity contribution in [2.75, 3.05) is 13.1 Å². The van der Waals surface area contributed by atoms with Gasteiger partial charge in [-0.15, -0.1) is 0 Å². The summed E-state index contributed by atoms with van der Waals surface area (Å²) >= 11 is 5.42. The van der Waals surface area contributed by atoms with Gasteiger partial charge < -0.3 is 4.52 Å². The number of nitrogens with zero attached hydrogens (tertiary/aromatic N) is 1. The van der Waals surface area contributed by atoms with E-state index in [0.29, 0.717) is 0 Å². The zero-order valence-corrected chi connectivity index (χ0v) is 10.6. The molecule has 0 rings (SSSR count). The van der Waals surface area contributed by atoms with Crippen LogP contribution >= 0.6 is 18.9 Å². The van der Waals surface area contributed by atoms with E-state index in [2.05, 4.69) is 4.52 Å². The molecule has 0 fully saturated rings. The summed E-state index contributed by atoms with van der Waals surface area (Å²) < 4.78 is 77.9. The molecule has 0 aromatic heterocycles. The second-order valence-electron chi connectivity index (χ2n) is 2.93. The molecule has 0 radical (unpaired) electrons. The largest absolute Gasteiger partial charge is 0.424 e. The van der Waals surface area contributed by atoms with Gasteiger partial charge >= 0.3 is 12.4 Å². The SMILES string of the molecule is CCN(CC)P(Cl)OC(C(F)(F)F)C(F)(F)F. The monoisotopic (exact) mass is 305 g/mol. The Morgan fingerprint density at radius 2 is 1.41 bits per heavy atom.